The normalized spacial score (nSPS) is 24.2. The van der Waals surface area contributed by atoms with Crippen molar-refractivity contribution in [3.8, 4) is 5.75 Å². The summed E-state index contributed by atoms with van der Waals surface area (Å²) in [5.74, 6) is 2.02. The number of carbonyl (C=O) groups is 2. The molecule has 0 unspecified atom stereocenters. The third kappa shape index (κ3) is 3.88. The first-order chi connectivity index (χ1) is 13.8. The fourth-order valence-corrected chi connectivity index (χ4v) is 5.20. The van der Waals surface area contributed by atoms with Crippen LogP contribution in [0.2, 0.25) is 0 Å². The number of likely N-dealkylation sites (tertiary alicyclic amines) is 1. The van der Waals surface area contributed by atoms with Crippen LogP contribution in [0.5, 0.6) is 5.75 Å². The minimum atomic E-state index is -0.225. The Morgan fingerprint density at radius 3 is 2.34 bits per heavy atom. The van der Waals surface area contributed by atoms with E-state index in [1.54, 1.807) is 0 Å². The summed E-state index contributed by atoms with van der Waals surface area (Å²) in [4.78, 5) is 30.0. The van der Waals surface area contributed by atoms with Crippen LogP contribution in [0, 0.1) is 11.8 Å². The number of anilines is 1. The van der Waals surface area contributed by atoms with Gasteiger partial charge < -0.3 is 14.5 Å². The lowest BCUT2D eigenvalue weighted by molar-refractivity contribution is -0.136. The molecule has 0 aromatic heterocycles. The van der Waals surface area contributed by atoms with Crippen LogP contribution in [0.1, 0.15) is 71.3 Å². The molecular weight excluding hydrogens is 364 g/mol. The van der Waals surface area contributed by atoms with Crippen molar-refractivity contribution in [2.24, 2.45) is 11.8 Å². The maximum atomic E-state index is 13.7. The molecule has 1 saturated heterocycles. The summed E-state index contributed by atoms with van der Waals surface area (Å²) in [5, 5.41) is 0. The highest BCUT2D eigenvalue weighted by atomic mass is 16.5. The molecule has 0 radical (unpaired) electrons. The fourth-order valence-electron chi connectivity index (χ4n) is 5.20. The van der Waals surface area contributed by atoms with E-state index >= 15 is 0 Å². The van der Waals surface area contributed by atoms with Crippen molar-refractivity contribution in [3.05, 3.63) is 23.8 Å². The van der Waals surface area contributed by atoms with Gasteiger partial charge in [0.25, 0.3) is 0 Å². The minimum Gasteiger partial charge on any atom is -0.494 e. The summed E-state index contributed by atoms with van der Waals surface area (Å²) in [6.07, 6.45) is 4.55. The Labute approximate surface area is 174 Å². The predicted octanol–water partition coefficient (Wildman–Crippen LogP) is 4.35. The molecule has 158 valence electrons. The van der Waals surface area contributed by atoms with Gasteiger partial charge in [0.15, 0.2) is 0 Å². The fraction of sp³-hybridized carbons (Fsp3) is 0.667. The van der Waals surface area contributed by atoms with Crippen molar-refractivity contribution in [1.82, 2.24) is 4.90 Å². The summed E-state index contributed by atoms with van der Waals surface area (Å²) in [6.45, 7) is 10.6. The maximum absolute atomic E-state index is 13.7. The molecule has 5 heteroatoms. The van der Waals surface area contributed by atoms with Crippen molar-refractivity contribution in [3.63, 3.8) is 0 Å². The Morgan fingerprint density at radius 2 is 1.72 bits per heavy atom. The molecule has 2 amide bonds. The molecule has 2 heterocycles. The van der Waals surface area contributed by atoms with Crippen molar-refractivity contribution < 1.29 is 14.3 Å². The topological polar surface area (TPSA) is 49.9 Å². The van der Waals surface area contributed by atoms with E-state index in [2.05, 4.69) is 32.9 Å². The zero-order valence-corrected chi connectivity index (χ0v) is 18.2. The number of hydrogen-bond acceptors (Lipinski definition) is 3. The minimum absolute atomic E-state index is 0.00893. The highest BCUT2D eigenvalue weighted by molar-refractivity contribution is 5.98. The lowest BCUT2D eigenvalue weighted by Gasteiger charge is -2.48. The molecule has 2 aliphatic heterocycles. The van der Waals surface area contributed by atoms with Crippen LogP contribution in [-0.4, -0.2) is 41.9 Å². The van der Waals surface area contributed by atoms with Gasteiger partial charge in [-0.15, -0.1) is 0 Å². The molecule has 1 aromatic rings. The maximum Gasteiger partial charge on any atom is 0.230 e. The molecule has 3 aliphatic rings. The number of fused-ring (bicyclic) bond motifs is 1. The van der Waals surface area contributed by atoms with Crippen LogP contribution in [0.15, 0.2) is 18.2 Å². The Morgan fingerprint density at radius 1 is 1.07 bits per heavy atom. The molecule has 2 fully saturated rings. The molecule has 5 nitrogen and oxygen atoms in total. The Kier molecular flexibility index (Phi) is 5.34. The molecule has 1 aromatic carbocycles. The lowest BCUT2D eigenvalue weighted by Crippen LogP contribution is -2.55. The standard InChI is InChI=1S/C24H34N2O3/c1-5-29-19-8-9-21-20(14-19)16(2)15-24(3,4)26(21)23(28)18-10-12-25(13-11-18)22(27)17-6-7-17/h8-9,14,16-18H,5-7,10-13,15H2,1-4H3/t16-/m1/s1. The van der Waals surface area contributed by atoms with Gasteiger partial charge in [-0.2, -0.15) is 0 Å². The Bertz CT molecular complexity index is 791. The average Bonchev–Trinajstić information content (AvgIpc) is 3.53. The lowest BCUT2D eigenvalue weighted by atomic mass is 9.78. The van der Waals surface area contributed by atoms with E-state index in [9.17, 15) is 9.59 Å². The third-order valence-corrected chi connectivity index (χ3v) is 6.80. The summed E-state index contributed by atoms with van der Waals surface area (Å²) >= 11 is 0. The van der Waals surface area contributed by atoms with Crippen molar-refractivity contribution in [2.75, 3.05) is 24.6 Å². The van der Waals surface area contributed by atoms with Gasteiger partial charge in [0.2, 0.25) is 11.8 Å². The number of hydrogen-bond donors (Lipinski definition) is 0. The van der Waals surface area contributed by atoms with Gasteiger partial charge in [-0.05, 0) is 82.6 Å². The van der Waals surface area contributed by atoms with Crippen LogP contribution in [-0.2, 0) is 9.59 Å². The van der Waals surface area contributed by atoms with Gasteiger partial charge in [0.05, 0.1) is 6.61 Å². The van der Waals surface area contributed by atoms with E-state index in [1.807, 2.05) is 22.8 Å². The summed E-state index contributed by atoms with van der Waals surface area (Å²) in [7, 11) is 0. The molecule has 1 saturated carbocycles. The number of rotatable bonds is 4. The average molecular weight is 399 g/mol. The second kappa shape index (κ2) is 7.66. The van der Waals surface area contributed by atoms with Gasteiger partial charge in [-0.3, -0.25) is 9.59 Å². The van der Waals surface area contributed by atoms with E-state index in [1.165, 1.54) is 5.56 Å². The third-order valence-electron chi connectivity index (χ3n) is 6.80. The molecule has 29 heavy (non-hydrogen) atoms. The number of carbonyl (C=O) groups excluding carboxylic acids is 2. The molecule has 4 rings (SSSR count). The summed E-state index contributed by atoms with van der Waals surface area (Å²) < 4.78 is 5.70. The van der Waals surface area contributed by atoms with Crippen molar-refractivity contribution in [1.29, 1.82) is 0 Å². The van der Waals surface area contributed by atoms with Crippen LogP contribution < -0.4 is 9.64 Å². The van der Waals surface area contributed by atoms with Crippen LogP contribution in [0.25, 0.3) is 0 Å². The summed E-state index contributed by atoms with van der Waals surface area (Å²) in [5.41, 5.74) is 2.00. The van der Waals surface area contributed by atoms with Crippen molar-refractivity contribution >= 4 is 17.5 Å². The van der Waals surface area contributed by atoms with Crippen molar-refractivity contribution in [2.45, 2.75) is 71.3 Å². The number of piperidine rings is 1. The van der Waals surface area contributed by atoms with Crippen LogP contribution in [0.3, 0.4) is 0 Å². The van der Waals surface area contributed by atoms with Gasteiger partial charge in [0, 0.05) is 36.2 Å². The first-order valence-corrected chi connectivity index (χ1v) is 11.2. The zero-order chi connectivity index (χ0) is 20.8. The van der Waals surface area contributed by atoms with Crippen LogP contribution >= 0.6 is 0 Å². The molecular formula is C24H34N2O3. The molecule has 1 atom stereocenters. The highest BCUT2D eigenvalue weighted by Crippen LogP contribution is 2.45. The monoisotopic (exact) mass is 398 g/mol. The zero-order valence-electron chi connectivity index (χ0n) is 18.2. The number of nitrogens with zero attached hydrogens (tertiary/aromatic N) is 2. The smallest absolute Gasteiger partial charge is 0.230 e. The van der Waals surface area contributed by atoms with Crippen LogP contribution in [0.4, 0.5) is 5.69 Å². The van der Waals surface area contributed by atoms with E-state index in [4.69, 9.17) is 4.74 Å². The second-order valence-electron chi connectivity index (χ2n) is 9.62. The molecule has 0 bridgehead atoms. The molecule has 1 aliphatic carbocycles. The van der Waals surface area contributed by atoms with E-state index in [0.717, 1.165) is 43.5 Å². The quantitative estimate of drug-likeness (QED) is 0.757. The van der Waals surface area contributed by atoms with Gasteiger partial charge >= 0.3 is 0 Å². The summed E-state index contributed by atoms with van der Waals surface area (Å²) in [6, 6.07) is 6.14. The van der Waals surface area contributed by atoms with Gasteiger partial charge in [-0.1, -0.05) is 6.92 Å². The molecule has 0 N–H and O–H groups in total. The first kappa shape index (κ1) is 20.2. The second-order valence-corrected chi connectivity index (χ2v) is 9.62. The highest BCUT2D eigenvalue weighted by Gasteiger charge is 2.43. The number of ether oxygens (including phenoxy) is 1. The SMILES string of the molecule is CCOc1ccc2c(c1)[C@H](C)CC(C)(C)N2C(=O)C1CCN(C(=O)C2CC2)CC1. The van der Waals surface area contributed by atoms with E-state index < -0.39 is 0 Å². The number of benzene rings is 1. The number of amides is 2. The van der Waals surface area contributed by atoms with Gasteiger partial charge in [0.1, 0.15) is 5.75 Å². The Hall–Kier alpha value is -2.04. The first-order valence-electron chi connectivity index (χ1n) is 11.2. The predicted molar refractivity (Wildman–Crippen MR) is 114 cm³/mol. The molecule has 0 spiro atoms. The largest absolute Gasteiger partial charge is 0.494 e. The Balaban J connectivity index is 1.54. The van der Waals surface area contributed by atoms with E-state index in [0.29, 0.717) is 31.5 Å². The van der Waals surface area contributed by atoms with Gasteiger partial charge in [-0.25, -0.2) is 0 Å². The van der Waals surface area contributed by atoms with E-state index in [-0.39, 0.29) is 23.3 Å².